The molecule has 0 saturated heterocycles. The highest BCUT2D eigenvalue weighted by Gasteiger charge is 2.12. The lowest BCUT2D eigenvalue weighted by molar-refractivity contribution is 0.0945. The Kier molecular flexibility index (Phi) is 3.97. The zero-order valence-corrected chi connectivity index (χ0v) is 13.0. The number of ether oxygens (including phenoxy) is 2. The first-order valence-electron chi connectivity index (χ1n) is 6.61. The van der Waals surface area contributed by atoms with Gasteiger partial charge in [0, 0.05) is 11.9 Å². The van der Waals surface area contributed by atoms with Crippen molar-refractivity contribution < 1.29 is 14.3 Å². The first-order valence-corrected chi connectivity index (χ1v) is 7.49. The molecule has 0 aliphatic rings. The number of hydrogen-bond donors (Lipinski definition) is 1. The number of rotatable bonds is 5. The van der Waals surface area contributed by atoms with Gasteiger partial charge >= 0.3 is 0 Å². The van der Waals surface area contributed by atoms with Crippen molar-refractivity contribution >= 4 is 22.1 Å². The SMILES string of the molecule is COc1ccc(CNC(=O)c2csc3cncn23)cc1OC. The van der Waals surface area contributed by atoms with Crippen LogP contribution in [-0.2, 0) is 6.54 Å². The summed E-state index contributed by atoms with van der Waals surface area (Å²) < 4.78 is 12.2. The molecule has 114 valence electrons. The molecule has 0 unspecified atom stereocenters. The number of thiazole rings is 1. The maximum absolute atomic E-state index is 12.3. The molecule has 3 aromatic rings. The molecule has 1 amide bonds. The Bertz CT molecular complexity index is 809. The second-order valence-electron chi connectivity index (χ2n) is 4.59. The van der Waals surface area contributed by atoms with Crippen molar-refractivity contribution in [3.05, 3.63) is 47.4 Å². The van der Waals surface area contributed by atoms with Crippen LogP contribution in [0.15, 0.2) is 36.1 Å². The van der Waals surface area contributed by atoms with Gasteiger partial charge < -0.3 is 14.8 Å². The summed E-state index contributed by atoms with van der Waals surface area (Å²) in [7, 11) is 3.17. The van der Waals surface area contributed by atoms with Gasteiger partial charge in [-0.05, 0) is 17.7 Å². The predicted molar refractivity (Wildman–Crippen MR) is 83.8 cm³/mol. The van der Waals surface area contributed by atoms with E-state index in [2.05, 4.69) is 10.3 Å². The van der Waals surface area contributed by atoms with Crippen molar-refractivity contribution in [1.82, 2.24) is 14.7 Å². The number of hydrogen-bond acceptors (Lipinski definition) is 5. The van der Waals surface area contributed by atoms with Crippen LogP contribution in [0.2, 0.25) is 0 Å². The van der Waals surface area contributed by atoms with Crippen LogP contribution in [0.1, 0.15) is 16.1 Å². The van der Waals surface area contributed by atoms with E-state index in [1.165, 1.54) is 11.3 Å². The molecule has 2 heterocycles. The third-order valence-corrected chi connectivity index (χ3v) is 4.17. The standard InChI is InChI=1S/C15H15N3O3S/c1-20-12-4-3-10(5-13(12)21-2)6-17-15(19)11-8-22-14-7-16-9-18(11)14/h3-5,7-9H,6H2,1-2H3,(H,17,19). The van der Waals surface area contributed by atoms with Gasteiger partial charge in [-0.25, -0.2) is 4.98 Å². The van der Waals surface area contributed by atoms with Crippen LogP contribution in [0.4, 0.5) is 0 Å². The summed E-state index contributed by atoms with van der Waals surface area (Å²) in [4.78, 5) is 17.2. The van der Waals surface area contributed by atoms with E-state index in [0.717, 1.165) is 10.4 Å². The number of nitrogens with zero attached hydrogens (tertiary/aromatic N) is 2. The maximum Gasteiger partial charge on any atom is 0.269 e. The van der Waals surface area contributed by atoms with Crippen molar-refractivity contribution in [3.8, 4) is 11.5 Å². The predicted octanol–water partition coefficient (Wildman–Crippen LogP) is 2.34. The molecule has 0 saturated carbocycles. The summed E-state index contributed by atoms with van der Waals surface area (Å²) in [6, 6.07) is 5.56. The number of amides is 1. The second kappa shape index (κ2) is 6.07. The van der Waals surface area contributed by atoms with Crippen LogP contribution in [-0.4, -0.2) is 29.5 Å². The fourth-order valence-corrected chi connectivity index (χ4v) is 2.98. The summed E-state index contributed by atoms with van der Waals surface area (Å²) in [6.45, 7) is 0.408. The lowest BCUT2D eigenvalue weighted by Gasteiger charge is -2.10. The van der Waals surface area contributed by atoms with Gasteiger partial charge in [-0.15, -0.1) is 11.3 Å². The third kappa shape index (κ3) is 2.62. The smallest absolute Gasteiger partial charge is 0.269 e. The van der Waals surface area contributed by atoms with Crippen LogP contribution in [0.25, 0.3) is 4.83 Å². The quantitative estimate of drug-likeness (QED) is 0.784. The Morgan fingerprint density at radius 1 is 1.32 bits per heavy atom. The van der Waals surface area contributed by atoms with Crippen LogP contribution in [0.5, 0.6) is 11.5 Å². The van der Waals surface area contributed by atoms with Crippen LogP contribution in [0, 0.1) is 0 Å². The highest BCUT2D eigenvalue weighted by atomic mass is 32.1. The zero-order valence-electron chi connectivity index (χ0n) is 12.2. The fraction of sp³-hybridized carbons (Fsp3) is 0.200. The van der Waals surface area contributed by atoms with Gasteiger partial charge in [-0.2, -0.15) is 0 Å². The van der Waals surface area contributed by atoms with Crippen molar-refractivity contribution in [1.29, 1.82) is 0 Å². The molecule has 0 aliphatic heterocycles. The van der Waals surface area contributed by atoms with Crippen LogP contribution < -0.4 is 14.8 Å². The normalized spacial score (nSPS) is 10.6. The van der Waals surface area contributed by atoms with E-state index in [9.17, 15) is 4.79 Å². The molecule has 22 heavy (non-hydrogen) atoms. The van der Waals surface area contributed by atoms with Gasteiger partial charge in [0.15, 0.2) is 11.5 Å². The number of imidazole rings is 1. The van der Waals surface area contributed by atoms with E-state index >= 15 is 0 Å². The van der Waals surface area contributed by atoms with Crippen molar-refractivity contribution in [2.75, 3.05) is 14.2 Å². The van der Waals surface area contributed by atoms with Crippen molar-refractivity contribution in [2.45, 2.75) is 6.54 Å². The number of fused-ring (bicyclic) bond motifs is 1. The monoisotopic (exact) mass is 317 g/mol. The molecule has 6 nitrogen and oxygen atoms in total. The molecule has 2 aromatic heterocycles. The molecule has 0 radical (unpaired) electrons. The van der Waals surface area contributed by atoms with E-state index in [0.29, 0.717) is 23.7 Å². The average Bonchev–Trinajstić information content (AvgIpc) is 3.15. The second-order valence-corrected chi connectivity index (χ2v) is 5.48. The van der Waals surface area contributed by atoms with Gasteiger partial charge in [0.2, 0.25) is 0 Å². The Balaban J connectivity index is 1.72. The maximum atomic E-state index is 12.3. The third-order valence-electron chi connectivity index (χ3n) is 3.29. The number of benzene rings is 1. The number of carbonyl (C=O) groups is 1. The fourth-order valence-electron chi connectivity index (χ4n) is 2.15. The largest absolute Gasteiger partial charge is 0.493 e. The van der Waals surface area contributed by atoms with E-state index in [1.54, 1.807) is 31.1 Å². The van der Waals surface area contributed by atoms with Gasteiger partial charge in [0.25, 0.3) is 5.91 Å². The van der Waals surface area contributed by atoms with Gasteiger partial charge in [-0.1, -0.05) is 6.07 Å². The van der Waals surface area contributed by atoms with Gasteiger partial charge in [0.05, 0.1) is 20.4 Å². The molecule has 3 rings (SSSR count). The average molecular weight is 317 g/mol. The van der Waals surface area contributed by atoms with E-state index in [4.69, 9.17) is 9.47 Å². The first kappa shape index (κ1) is 14.4. The van der Waals surface area contributed by atoms with Gasteiger partial charge in [-0.3, -0.25) is 9.20 Å². The molecule has 0 atom stereocenters. The number of aromatic nitrogens is 2. The lowest BCUT2D eigenvalue weighted by atomic mass is 10.2. The Morgan fingerprint density at radius 2 is 2.14 bits per heavy atom. The summed E-state index contributed by atoms with van der Waals surface area (Å²) in [5, 5.41) is 4.72. The number of methoxy groups -OCH3 is 2. The number of carbonyl (C=O) groups excluding carboxylic acids is 1. The van der Waals surface area contributed by atoms with E-state index < -0.39 is 0 Å². The Labute approximate surface area is 131 Å². The Morgan fingerprint density at radius 3 is 2.91 bits per heavy atom. The highest BCUT2D eigenvalue weighted by molar-refractivity contribution is 7.15. The highest BCUT2D eigenvalue weighted by Crippen LogP contribution is 2.27. The molecule has 0 bridgehead atoms. The van der Waals surface area contributed by atoms with Crippen molar-refractivity contribution in [2.24, 2.45) is 0 Å². The molecular formula is C15H15N3O3S. The summed E-state index contributed by atoms with van der Waals surface area (Å²) in [5.74, 6) is 1.16. The molecule has 7 heteroatoms. The lowest BCUT2D eigenvalue weighted by Crippen LogP contribution is -2.24. The minimum atomic E-state index is -0.140. The number of nitrogens with one attached hydrogen (secondary N) is 1. The first-order chi connectivity index (χ1) is 10.7. The molecule has 0 aliphatic carbocycles. The molecule has 0 fully saturated rings. The Hall–Kier alpha value is -2.54. The van der Waals surface area contributed by atoms with Crippen molar-refractivity contribution in [3.63, 3.8) is 0 Å². The van der Waals surface area contributed by atoms with E-state index in [1.807, 2.05) is 23.6 Å². The summed E-state index contributed by atoms with van der Waals surface area (Å²) >= 11 is 1.48. The van der Waals surface area contributed by atoms with E-state index in [-0.39, 0.29) is 5.91 Å². The van der Waals surface area contributed by atoms with Crippen LogP contribution >= 0.6 is 11.3 Å². The molecule has 1 N–H and O–H groups in total. The molecule has 0 spiro atoms. The molecular weight excluding hydrogens is 302 g/mol. The van der Waals surface area contributed by atoms with Crippen LogP contribution in [0.3, 0.4) is 0 Å². The summed E-state index contributed by atoms with van der Waals surface area (Å²) in [5.41, 5.74) is 1.51. The zero-order chi connectivity index (χ0) is 15.5. The summed E-state index contributed by atoms with van der Waals surface area (Å²) in [6.07, 6.45) is 3.37. The topological polar surface area (TPSA) is 64.9 Å². The van der Waals surface area contributed by atoms with Gasteiger partial charge in [0.1, 0.15) is 16.9 Å². The minimum Gasteiger partial charge on any atom is -0.493 e. The minimum absolute atomic E-state index is 0.140. The molecule has 1 aromatic carbocycles.